The van der Waals surface area contributed by atoms with Crippen LogP contribution < -0.4 is 10.6 Å². The van der Waals surface area contributed by atoms with E-state index in [1.165, 1.54) is 11.1 Å². The molecule has 148 valence electrons. The quantitative estimate of drug-likeness (QED) is 0.638. The Morgan fingerprint density at radius 1 is 1.18 bits per heavy atom. The van der Waals surface area contributed by atoms with Crippen LogP contribution in [0.2, 0.25) is 10.0 Å². The van der Waals surface area contributed by atoms with E-state index in [2.05, 4.69) is 42.5 Å². The third-order valence-electron chi connectivity index (χ3n) is 5.29. The summed E-state index contributed by atoms with van der Waals surface area (Å²) in [5.41, 5.74) is 3.02. The van der Waals surface area contributed by atoms with Crippen molar-refractivity contribution in [3.8, 4) is 0 Å². The Balaban J connectivity index is 1.60. The van der Waals surface area contributed by atoms with E-state index in [-0.39, 0.29) is 23.7 Å². The van der Waals surface area contributed by atoms with Crippen molar-refractivity contribution in [1.82, 2.24) is 9.88 Å². The van der Waals surface area contributed by atoms with Gasteiger partial charge in [-0.05, 0) is 69.9 Å². The number of benzene rings is 1. The van der Waals surface area contributed by atoms with Gasteiger partial charge in [-0.2, -0.15) is 0 Å². The minimum absolute atomic E-state index is 0.0659. The van der Waals surface area contributed by atoms with Gasteiger partial charge in [0, 0.05) is 29.0 Å². The maximum Gasteiger partial charge on any atom is 0.322 e. The van der Waals surface area contributed by atoms with Gasteiger partial charge in [0.1, 0.15) is 5.82 Å². The second-order valence-corrected chi connectivity index (χ2v) is 9.33. The number of hydrogen-bond donors (Lipinski definition) is 2. The lowest BCUT2D eigenvalue weighted by molar-refractivity contribution is 0.179. The van der Waals surface area contributed by atoms with Crippen LogP contribution in [0.4, 0.5) is 16.3 Å². The summed E-state index contributed by atoms with van der Waals surface area (Å²) >= 11 is 12.1. The highest BCUT2D eigenvalue weighted by molar-refractivity contribution is 6.42. The van der Waals surface area contributed by atoms with Gasteiger partial charge >= 0.3 is 6.03 Å². The highest BCUT2D eigenvalue weighted by Crippen LogP contribution is 2.45. The van der Waals surface area contributed by atoms with Gasteiger partial charge in [0.25, 0.3) is 0 Å². The van der Waals surface area contributed by atoms with Gasteiger partial charge in [-0.3, -0.25) is 0 Å². The summed E-state index contributed by atoms with van der Waals surface area (Å²) in [4.78, 5) is 19.6. The molecule has 0 aliphatic carbocycles. The highest BCUT2D eigenvalue weighted by atomic mass is 35.5. The first-order valence-corrected chi connectivity index (χ1v) is 10.3. The van der Waals surface area contributed by atoms with E-state index in [1.807, 2.05) is 11.1 Å². The number of nitrogens with zero attached hydrogens (tertiary/aromatic N) is 2. The van der Waals surface area contributed by atoms with Crippen LogP contribution in [0.15, 0.2) is 30.5 Å². The van der Waals surface area contributed by atoms with Crippen molar-refractivity contribution in [1.29, 1.82) is 0 Å². The third kappa shape index (κ3) is 3.65. The summed E-state index contributed by atoms with van der Waals surface area (Å²) in [5, 5.41) is 7.39. The number of urea groups is 1. The Labute approximate surface area is 175 Å². The minimum atomic E-state index is -0.0984. The largest absolute Gasteiger partial charge is 0.365 e. The fraction of sp³-hybridized carbons (Fsp3) is 0.429. The molecule has 28 heavy (non-hydrogen) atoms. The maximum atomic E-state index is 13.1. The van der Waals surface area contributed by atoms with Crippen LogP contribution in [0.25, 0.3) is 0 Å². The van der Waals surface area contributed by atoms with E-state index in [0.29, 0.717) is 15.7 Å². The molecule has 2 aromatic rings. The summed E-state index contributed by atoms with van der Waals surface area (Å²) < 4.78 is 0. The molecule has 2 aliphatic rings. The number of halogens is 2. The molecule has 1 fully saturated rings. The molecule has 1 aromatic heterocycles. The molecule has 2 N–H and O–H groups in total. The molecule has 3 heterocycles. The summed E-state index contributed by atoms with van der Waals surface area (Å²) in [7, 11) is 0. The second kappa shape index (κ2) is 7.12. The summed E-state index contributed by atoms with van der Waals surface area (Å²) in [5.74, 6) is 0.937. The number of hydrogen-bond acceptors (Lipinski definition) is 3. The molecular weight excluding hydrogens is 395 g/mol. The van der Waals surface area contributed by atoms with Crippen LogP contribution in [0, 0.1) is 0 Å². The summed E-state index contributed by atoms with van der Waals surface area (Å²) in [6, 6.07) is 7.33. The van der Waals surface area contributed by atoms with Crippen LogP contribution in [0.5, 0.6) is 0 Å². The zero-order valence-electron chi connectivity index (χ0n) is 16.2. The first-order valence-electron chi connectivity index (χ1n) is 9.53. The number of pyridine rings is 1. The topological polar surface area (TPSA) is 57.3 Å². The molecule has 2 atom stereocenters. The number of aromatic nitrogens is 1. The van der Waals surface area contributed by atoms with Gasteiger partial charge in [0.15, 0.2) is 0 Å². The van der Waals surface area contributed by atoms with Crippen molar-refractivity contribution in [2.24, 2.45) is 0 Å². The molecule has 0 radical (unpaired) electrons. The van der Waals surface area contributed by atoms with Crippen LogP contribution >= 0.6 is 23.2 Å². The number of carbonyl (C=O) groups excluding carboxylic acids is 1. The number of anilines is 2. The average Bonchev–Trinajstić information content (AvgIpc) is 2.93. The molecular formula is C21H24Cl2N4O. The number of carbonyl (C=O) groups is 1. The van der Waals surface area contributed by atoms with Crippen LogP contribution in [0.1, 0.15) is 50.8 Å². The Morgan fingerprint density at radius 3 is 2.68 bits per heavy atom. The standard InChI is InChI=1S/C21H24Cl2N4O/c1-21(2,3)26-19-15-11-13-5-7-18(14(15)8-9-24-19)27(13)20(28)25-12-4-6-16(22)17(23)10-12/h4,6,8-10,13,18H,5,7,11H2,1-3H3,(H,24,26)(H,25,28)/t13-,18+/m0/s1. The lowest BCUT2D eigenvalue weighted by atomic mass is 9.93. The van der Waals surface area contributed by atoms with Gasteiger partial charge in [-0.1, -0.05) is 23.2 Å². The maximum absolute atomic E-state index is 13.1. The van der Waals surface area contributed by atoms with E-state index < -0.39 is 0 Å². The van der Waals surface area contributed by atoms with Crippen molar-refractivity contribution in [2.75, 3.05) is 10.6 Å². The molecule has 1 saturated heterocycles. The fourth-order valence-corrected chi connectivity index (χ4v) is 4.49. The van der Waals surface area contributed by atoms with Gasteiger partial charge in [0.2, 0.25) is 0 Å². The van der Waals surface area contributed by atoms with Crippen molar-refractivity contribution in [3.63, 3.8) is 0 Å². The average molecular weight is 419 g/mol. The van der Waals surface area contributed by atoms with Gasteiger partial charge < -0.3 is 15.5 Å². The monoisotopic (exact) mass is 418 g/mol. The third-order valence-corrected chi connectivity index (χ3v) is 6.03. The Bertz CT molecular complexity index is 925. The summed E-state index contributed by atoms with van der Waals surface area (Å²) in [6.45, 7) is 6.38. The first-order chi connectivity index (χ1) is 13.2. The van der Waals surface area contributed by atoms with Crippen LogP contribution in [-0.4, -0.2) is 27.5 Å². The zero-order chi connectivity index (χ0) is 20.1. The van der Waals surface area contributed by atoms with Crippen molar-refractivity contribution in [2.45, 2.75) is 57.7 Å². The van der Waals surface area contributed by atoms with Gasteiger partial charge in [0.05, 0.1) is 16.1 Å². The van der Waals surface area contributed by atoms with E-state index in [0.717, 1.165) is 25.1 Å². The Morgan fingerprint density at radius 2 is 1.96 bits per heavy atom. The Hall–Kier alpha value is -1.98. The number of nitrogens with one attached hydrogen (secondary N) is 2. The molecule has 0 spiro atoms. The molecule has 4 rings (SSSR count). The molecule has 7 heteroatoms. The number of fused-ring (bicyclic) bond motifs is 4. The molecule has 1 aromatic carbocycles. The van der Waals surface area contributed by atoms with Gasteiger partial charge in [-0.15, -0.1) is 0 Å². The summed E-state index contributed by atoms with van der Waals surface area (Å²) in [6.07, 6.45) is 4.60. The van der Waals surface area contributed by atoms with Crippen molar-refractivity contribution in [3.05, 3.63) is 51.6 Å². The molecule has 5 nitrogen and oxygen atoms in total. The normalized spacial score (nSPS) is 20.7. The van der Waals surface area contributed by atoms with E-state index in [9.17, 15) is 4.79 Å². The second-order valence-electron chi connectivity index (χ2n) is 8.52. The number of rotatable bonds is 2. The van der Waals surface area contributed by atoms with E-state index >= 15 is 0 Å². The predicted octanol–water partition coefficient (Wildman–Crippen LogP) is 5.89. The van der Waals surface area contributed by atoms with E-state index in [1.54, 1.807) is 18.2 Å². The molecule has 0 unspecified atom stereocenters. The smallest absolute Gasteiger partial charge is 0.322 e. The van der Waals surface area contributed by atoms with Gasteiger partial charge in [-0.25, -0.2) is 9.78 Å². The zero-order valence-corrected chi connectivity index (χ0v) is 17.7. The molecule has 2 aliphatic heterocycles. The lowest BCUT2D eigenvalue weighted by Gasteiger charge is -2.37. The first kappa shape index (κ1) is 19.3. The van der Waals surface area contributed by atoms with Crippen LogP contribution in [0.3, 0.4) is 0 Å². The fourth-order valence-electron chi connectivity index (χ4n) is 4.19. The Kier molecular flexibility index (Phi) is 4.92. The molecule has 2 bridgehead atoms. The van der Waals surface area contributed by atoms with Crippen molar-refractivity contribution < 1.29 is 4.79 Å². The predicted molar refractivity (Wildman–Crippen MR) is 114 cm³/mol. The van der Waals surface area contributed by atoms with Crippen molar-refractivity contribution >= 4 is 40.7 Å². The molecule has 0 saturated carbocycles. The minimum Gasteiger partial charge on any atom is -0.365 e. The van der Waals surface area contributed by atoms with E-state index in [4.69, 9.17) is 23.2 Å². The SMILES string of the molecule is CC(C)(C)Nc1nccc2c1C[C@@H]1CC[C@H]2N1C(=O)Nc1ccc(Cl)c(Cl)c1. The van der Waals surface area contributed by atoms with Crippen LogP contribution in [-0.2, 0) is 6.42 Å². The number of amides is 2. The molecule has 2 amide bonds. The lowest BCUT2D eigenvalue weighted by Crippen LogP contribution is -2.44. The highest BCUT2D eigenvalue weighted by Gasteiger charge is 2.43.